The molecule has 0 amide bonds. The second-order valence-corrected chi connectivity index (χ2v) is 18.3. The third kappa shape index (κ3) is 68.2. The van der Waals surface area contributed by atoms with Crippen LogP contribution in [-0.4, -0.2) is 77.4 Å². The Hall–Kier alpha value is 0.170. The number of nitrogens with zero attached hydrogens (tertiary/aromatic N) is 3. The summed E-state index contributed by atoms with van der Waals surface area (Å²) in [7, 11) is 13.3. The van der Waals surface area contributed by atoms with Gasteiger partial charge in [-0.25, -0.2) is 0 Å². The first-order valence-corrected chi connectivity index (χ1v) is 23.8. The van der Waals surface area contributed by atoms with Crippen molar-refractivity contribution in [3.05, 3.63) is 5.32 Å². The molecule has 0 aromatic heterocycles. The molecule has 0 saturated carbocycles. The van der Waals surface area contributed by atoms with E-state index in [4.69, 9.17) is 5.32 Å². The second kappa shape index (κ2) is 49.2. The summed E-state index contributed by atoms with van der Waals surface area (Å²) < 4.78 is 2.19. The van der Waals surface area contributed by atoms with Gasteiger partial charge < -0.3 is 26.7 Å². The summed E-state index contributed by atoms with van der Waals surface area (Å²) >= 11 is 0. The maximum absolute atomic E-state index is 4.78. The van der Waals surface area contributed by atoms with Gasteiger partial charge in [-0.1, -0.05) is 233 Å². The van der Waals surface area contributed by atoms with Crippen molar-refractivity contribution in [2.75, 3.05) is 68.5 Å². The molecular formula is C48H106ClN3. The topological polar surface area (TPSA) is 14.1 Å². The SMILES string of the molecule is CCCCCCCCCCCCCCCCCC[N-]CCCCCCCCCCCCCCCCCC.CCC[N+](C)(C)C.CCC[N+](C)(C)C.[Cl-]. The summed E-state index contributed by atoms with van der Waals surface area (Å²) in [5.74, 6) is 0. The fraction of sp³-hybridized carbons (Fsp3) is 1.00. The standard InChI is InChI=1S/C36H74N.2C6H16N.ClH/c1-3-5-7-9-11-13-15-17-19-21-23-25-27-29-31-33-35-37-36-34-32-30-28-26-24-22-20-18-16-14-12-10-8-6-4-2;2*1-5-6-7(2,3)4;/h3-36H2,1-2H3;2*5-6H2,1-4H3;1H/q-1;2*+1;/p-1. The van der Waals surface area contributed by atoms with Crippen LogP contribution in [0.2, 0.25) is 0 Å². The lowest BCUT2D eigenvalue weighted by Gasteiger charge is -2.22. The molecule has 0 bridgehead atoms. The maximum atomic E-state index is 4.78. The van der Waals surface area contributed by atoms with E-state index in [2.05, 4.69) is 70.0 Å². The molecule has 0 spiro atoms. The van der Waals surface area contributed by atoms with E-state index in [1.165, 1.54) is 231 Å². The molecule has 0 radical (unpaired) electrons. The maximum Gasteiger partial charge on any atom is 0.0777 e. The summed E-state index contributed by atoms with van der Waals surface area (Å²) in [6, 6.07) is 0. The predicted molar refractivity (Wildman–Crippen MR) is 239 cm³/mol. The van der Waals surface area contributed by atoms with Gasteiger partial charge in [0.05, 0.1) is 55.4 Å². The molecule has 0 aliphatic heterocycles. The molecule has 0 N–H and O–H groups in total. The fourth-order valence-corrected chi connectivity index (χ4v) is 7.00. The monoisotopic (exact) mass is 760 g/mol. The molecule has 0 aliphatic carbocycles. The smallest absolute Gasteiger partial charge is 0.0777 e. The van der Waals surface area contributed by atoms with Gasteiger partial charge in [-0.3, -0.25) is 0 Å². The number of hydrogen-bond acceptors (Lipinski definition) is 0. The molecule has 320 valence electrons. The number of halogens is 1. The molecule has 0 aromatic rings. The van der Waals surface area contributed by atoms with Crippen molar-refractivity contribution >= 4 is 0 Å². The highest BCUT2D eigenvalue weighted by Gasteiger charge is 2.02. The van der Waals surface area contributed by atoms with Gasteiger partial charge in [-0.2, -0.15) is 0 Å². The van der Waals surface area contributed by atoms with Crippen LogP contribution in [0.1, 0.15) is 246 Å². The number of rotatable bonds is 38. The highest BCUT2D eigenvalue weighted by molar-refractivity contribution is 4.78. The van der Waals surface area contributed by atoms with Crippen LogP contribution in [0.4, 0.5) is 0 Å². The fourth-order valence-electron chi connectivity index (χ4n) is 7.00. The van der Waals surface area contributed by atoms with E-state index >= 15 is 0 Å². The van der Waals surface area contributed by atoms with Crippen LogP contribution in [0.5, 0.6) is 0 Å². The Kier molecular flexibility index (Phi) is 55.7. The molecule has 0 aromatic carbocycles. The first-order valence-electron chi connectivity index (χ1n) is 23.8. The van der Waals surface area contributed by atoms with E-state index in [9.17, 15) is 0 Å². The summed E-state index contributed by atoms with van der Waals surface area (Å²) in [6.45, 7) is 13.8. The Labute approximate surface area is 340 Å². The van der Waals surface area contributed by atoms with Gasteiger partial charge in [-0.05, 0) is 12.8 Å². The van der Waals surface area contributed by atoms with E-state index in [0.717, 1.165) is 22.1 Å². The van der Waals surface area contributed by atoms with Crippen LogP contribution in [0.15, 0.2) is 0 Å². The van der Waals surface area contributed by atoms with E-state index in [1.54, 1.807) is 0 Å². The third-order valence-electron chi connectivity index (χ3n) is 10.1. The Morgan fingerprint density at radius 2 is 0.423 bits per heavy atom. The van der Waals surface area contributed by atoms with Gasteiger partial charge in [0.15, 0.2) is 0 Å². The van der Waals surface area contributed by atoms with Crippen molar-refractivity contribution < 1.29 is 21.4 Å². The third-order valence-corrected chi connectivity index (χ3v) is 10.1. The van der Waals surface area contributed by atoms with Gasteiger partial charge in [0.2, 0.25) is 0 Å². The van der Waals surface area contributed by atoms with E-state index < -0.39 is 0 Å². The minimum Gasteiger partial charge on any atom is -1.00 e. The zero-order chi connectivity index (χ0) is 38.6. The van der Waals surface area contributed by atoms with Gasteiger partial charge in [0.25, 0.3) is 0 Å². The lowest BCUT2D eigenvalue weighted by atomic mass is 10.0. The van der Waals surface area contributed by atoms with E-state index in [0.29, 0.717) is 0 Å². The van der Waals surface area contributed by atoms with E-state index in [-0.39, 0.29) is 12.4 Å². The predicted octanol–water partition coefficient (Wildman–Crippen LogP) is 13.1. The van der Waals surface area contributed by atoms with Crippen LogP contribution in [-0.2, 0) is 0 Å². The normalized spacial score (nSPS) is 11.4. The van der Waals surface area contributed by atoms with Gasteiger partial charge >= 0.3 is 0 Å². The number of quaternary nitrogens is 2. The van der Waals surface area contributed by atoms with Crippen molar-refractivity contribution in [1.82, 2.24) is 0 Å². The molecule has 0 unspecified atom stereocenters. The number of unbranched alkanes of at least 4 members (excludes halogenated alkanes) is 30. The largest absolute Gasteiger partial charge is 1.00 e. The van der Waals surface area contributed by atoms with Gasteiger partial charge in [-0.15, -0.1) is 13.1 Å². The first kappa shape index (κ1) is 58.9. The van der Waals surface area contributed by atoms with Crippen LogP contribution in [0, 0.1) is 0 Å². The summed E-state index contributed by atoms with van der Waals surface area (Å²) in [5, 5.41) is 4.78. The molecular weight excluding hydrogens is 654 g/mol. The summed E-state index contributed by atoms with van der Waals surface area (Å²) in [6.07, 6.45) is 48.9. The van der Waals surface area contributed by atoms with Gasteiger partial charge in [0.1, 0.15) is 0 Å². The Balaban J connectivity index is -0.000000640. The van der Waals surface area contributed by atoms with Crippen molar-refractivity contribution in [1.29, 1.82) is 0 Å². The average Bonchev–Trinajstić information content (AvgIpc) is 3.06. The Morgan fingerprint density at radius 3 is 0.558 bits per heavy atom. The highest BCUT2D eigenvalue weighted by Crippen LogP contribution is 2.16. The first-order chi connectivity index (χ1) is 24.5. The van der Waals surface area contributed by atoms with Crippen LogP contribution in [0.25, 0.3) is 5.32 Å². The minimum atomic E-state index is 0. The van der Waals surface area contributed by atoms with E-state index in [1.807, 2.05) is 0 Å². The highest BCUT2D eigenvalue weighted by atomic mass is 35.5. The molecule has 3 nitrogen and oxygen atoms in total. The average molecular weight is 761 g/mol. The molecule has 0 atom stereocenters. The molecule has 0 aliphatic rings. The molecule has 0 fully saturated rings. The van der Waals surface area contributed by atoms with Crippen molar-refractivity contribution in [3.63, 3.8) is 0 Å². The Bertz CT molecular complexity index is 533. The molecule has 0 heterocycles. The van der Waals surface area contributed by atoms with Crippen LogP contribution >= 0.6 is 0 Å². The van der Waals surface area contributed by atoms with Crippen molar-refractivity contribution in [2.24, 2.45) is 0 Å². The summed E-state index contributed by atoms with van der Waals surface area (Å²) in [4.78, 5) is 0. The Morgan fingerprint density at radius 1 is 0.250 bits per heavy atom. The molecule has 0 saturated heterocycles. The quantitative estimate of drug-likeness (QED) is 0.0440. The lowest BCUT2D eigenvalue weighted by molar-refractivity contribution is -0.870. The zero-order valence-corrected chi connectivity index (χ0v) is 39.3. The van der Waals surface area contributed by atoms with Gasteiger partial charge in [0, 0.05) is 0 Å². The summed E-state index contributed by atoms with van der Waals surface area (Å²) in [5.41, 5.74) is 0. The van der Waals surface area contributed by atoms with Crippen molar-refractivity contribution in [3.8, 4) is 0 Å². The second-order valence-electron chi connectivity index (χ2n) is 18.3. The van der Waals surface area contributed by atoms with Crippen molar-refractivity contribution in [2.45, 2.75) is 246 Å². The number of hydrogen-bond donors (Lipinski definition) is 0. The molecule has 52 heavy (non-hydrogen) atoms. The van der Waals surface area contributed by atoms with Crippen LogP contribution < -0.4 is 12.4 Å². The van der Waals surface area contributed by atoms with Crippen LogP contribution in [0.3, 0.4) is 0 Å². The zero-order valence-electron chi connectivity index (χ0n) is 38.6. The minimum absolute atomic E-state index is 0. The molecule has 4 heteroatoms. The molecule has 0 rings (SSSR count). The lowest BCUT2D eigenvalue weighted by Crippen LogP contribution is -3.00.